The number of methoxy groups -OCH3 is 1. The summed E-state index contributed by atoms with van der Waals surface area (Å²) in [7, 11) is 1.67. The van der Waals surface area contributed by atoms with Crippen LogP contribution < -0.4 is 0 Å². The molecule has 6 nitrogen and oxygen atoms in total. The van der Waals surface area contributed by atoms with E-state index in [0.717, 1.165) is 72.7 Å². The van der Waals surface area contributed by atoms with Gasteiger partial charge in [0.15, 0.2) is 0 Å². The second kappa shape index (κ2) is 9.44. The van der Waals surface area contributed by atoms with E-state index >= 15 is 0 Å². The Morgan fingerprint density at radius 1 is 1.12 bits per heavy atom. The van der Waals surface area contributed by atoms with Crippen LogP contribution in [0, 0.1) is 18.3 Å². The second-order valence-electron chi connectivity index (χ2n) is 9.48. The zero-order valence-corrected chi connectivity index (χ0v) is 19.8. The molecular formula is C28H30N4O2. The topological polar surface area (TPSA) is 82.0 Å². The number of rotatable bonds is 6. The normalized spacial score (nSPS) is 16.4. The minimum Gasteiger partial charge on any atom is -0.377 e. The monoisotopic (exact) mass is 454 g/mol. The molecule has 1 aliphatic heterocycles. The summed E-state index contributed by atoms with van der Waals surface area (Å²) in [4.78, 5) is 23.6. The molecule has 2 aromatic carbocycles. The van der Waals surface area contributed by atoms with E-state index in [1.165, 1.54) is 5.56 Å². The van der Waals surface area contributed by atoms with Crippen LogP contribution in [-0.4, -0.2) is 41.0 Å². The van der Waals surface area contributed by atoms with Crippen LogP contribution in [-0.2, 0) is 11.3 Å². The Balaban J connectivity index is 1.33. The maximum atomic E-state index is 13.4. The average molecular weight is 455 g/mol. The number of carbonyl (C=O) groups is 1. The molecular weight excluding hydrogens is 424 g/mol. The molecule has 1 saturated heterocycles. The van der Waals surface area contributed by atoms with Gasteiger partial charge in [-0.05, 0) is 73.9 Å². The number of imidazole rings is 1. The number of benzene rings is 2. The van der Waals surface area contributed by atoms with Crippen LogP contribution in [0.5, 0.6) is 0 Å². The summed E-state index contributed by atoms with van der Waals surface area (Å²) in [5.41, 5.74) is 6.97. The first-order chi connectivity index (χ1) is 16.6. The molecule has 0 atom stereocenters. The van der Waals surface area contributed by atoms with Crippen molar-refractivity contribution < 1.29 is 9.53 Å². The second-order valence-corrected chi connectivity index (χ2v) is 9.48. The number of aryl methyl sites for hydroxylation is 1. The fourth-order valence-electron chi connectivity index (χ4n) is 4.95. The van der Waals surface area contributed by atoms with Crippen molar-refractivity contribution in [3.05, 3.63) is 76.2 Å². The number of nitrogens with one attached hydrogen (secondary N) is 1. The summed E-state index contributed by atoms with van der Waals surface area (Å²) < 4.78 is 5.29. The fraction of sp³-hybridized carbons (Fsp3) is 0.393. The molecule has 1 aliphatic carbocycles. The number of nitrogens with zero attached hydrogens (tertiary/aromatic N) is 3. The van der Waals surface area contributed by atoms with E-state index in [2.05, 4.69) is 18.0 Å². The maximum absolute atomic E-state index is 13.4. The van der Waals surface area contributed by atoms with Crippen LogP contribution in [0.4, 0.5) is 0 Å². The van der Waals surface area contributed by atoms with E-state index in [1.54, 1.807) is 7.11 Å². The zero-order valence-electron chi connectivity index (χ0n) is 19.8. The van der Waals surface area contributed by atoms with Crippen molar-refractivity contribution in [2.75, 3.05) is 20.2 Å². The molecule has 2 heterocycles. The first kappa shape index (κ1) is 22.4. The molecule has 5 rings (SSSR count). The van der Waals surface area contributed by atoms with Crippen LogP contribution in [0.3, 0.4) is 0 Å². The van der Waals surface area contributed by atoms with E-state index in [-0.39, 0.29) is 5.91 Å². The average Bonchev–Trinajstić information content (AvgIpc) is 3.64. The number of nitriles is 1. The van der Waals surface area contributed by atoms with Gasteiger partial charge in [-0.25, -0.2) is 4.98 Å². The molecule has 0 unspecified atom stereocenters. The van der Waals surface area contributed by atoms with Crippen LogP contribution in [0.1, 0.15) is 76.1 Å². The third-order valence-electron chi connectivity index (χ3n) is 7.07. The first-order valence-electron chi connectivity index (χ1n) is 12.1. The fourth-order valence-corrected chi connectivity index (χ4v) is 4.95. The lowest BCUT2D eigenvalue weighted by molar-refractivity contribution is 0.0713. The van der Waals surface area contributed by atoms with Crippen molar-refractivity contribution in [2.45, 2.75) is 51.0 Å². The summed E-state index contributed by atoms with van der Waals surface area (Å²) in [6, 6.07) is 16.0. The summed E-state index contributed by atoms with van der Waals surface area (Å²) >= 11 is 0. The molecule has 174 valence electrons. The number of piperidine rings is 1. The quantitative estimate of drug-likeness (QED) is 0.548. The van der Waals surface area contributed by atoms with Gasteiger partial charge in [0.1, 0.15) is 12.4 Å². The van der Waals surface area contributed by atoms with Gasteiger partial charge < -0.3 is 14.6 Å². The molecule has 1 N–H and O–H groups in total. The Kier molecular flexibility index (Phi) is 6.21. The van der Waals surface area contributed by atoms with Crippen molar-refractivity contribution in [2.24, 2.45) is 0 Å². The summed E-state index contributed by atoms with van der Waals surface area (Å²) in [6.45, 7) is 4.01. The summed E-state index contributed by atoms with van der Waals surface area (Å²) in [5.74, 6) is 1.84. The molecule has 6 heteroatoms. The zero-order chi connectivity index (χ0) is 23.7. The van der Waals surface area contributed by atoms with Gasteiger partial charge in [-0.15, -0.1) is 0 Å². The third kappa shape index (κ3) is 4.49. The molecule has 1 aromatic heterocycles. The largest absolute Gasteiger partial charge is 0.377 e. The van der Waals surface area contributed by atoms with Crippen LogP contribution in [0.25, 0.3) is 11.3 Å². The smallest absolute Gasteiger partial charge is 0.253 e. The third-order valence-corrected chi connectivity index (χ3v) is 7.07. The lowest BCUT2D eigenvalue weighted by atomic mass is 9.88. The van der Waals surface area contributed by atoms with Crippen LogP contribution in [0.2, 0.25) is 0 Å². The Bertz CT molecular complexity index is 1230. The van der Waals surface area contributed by atoms with Crippen LogP contribution in [0.15, 0.2) is 42.5 Å². The van der Waals surface area contributed by atoms with E-state index in [9.17, 15) is 4.79 Å². The van der Waals surface area contributed by atoms with E-state index in [1.807, 2.05) is 47.4 Å². The number of likely N-dealkylation sites (tertiary alicyclic amines) is 1. The minimum atomic E-state index is 0.0872. The van der Waals surface area contributed by atoms with E-state index < -0.39 is 0 Å². The Morgan fingerprint density at radius 3 is 2.50 bits per heavy atom. The van der Waals surface area contributed by atoms with Gasteiger partial charge in [0.2, 0.25) is 0 Å². The molecule has 3 aromatic rings. The first-order valence-corrected chi connectivity index (χ1v) is 12.1. The summed E-state index contributed by atoms with van der Waals surface area (Å²) in [5, 5.41) is 9.02. The summed E-state index contributed by atoms with van der Waals surface area (Å²) in [6.07, 6.45) is 4.19. The number of carbonyl (C=O) groups excluding carboxylic acids is 1. The predicted molar refractivity (Wildman–Crippen MR) is 130 cm³/mol. The van der Waals surface area contributed by atoms with Crippen molar-refractivity contribution in [1.29, 1.82) is 5.26 Å². The van der Waals surface area contributed by atoms with Crippen molar-refractivity contribution in [3.63, 3.8) is 0 Å². The van der Waals surface area contributed by atoms with Gasteiger partial charge in [-0.2, -0.15) is 5.26 Å². The lowest BCUT2D eigenvalue weighted by Crippen LogP contribution is -2.37. The highest BCUT2D eigenvalue weighted by atomic mass is 16.5. The highest BCUT2D eigenvalue weighted by Gasteiger charge is 2.31. The molecule has 2 aliphatic rings. The Labute approximate surface area is 200 Å². The van der Waals surface area contributed by atoms with Gasteiger partial charge >= 0.3 is 0 Å². The van der Waals surface area contributed by atoms with Gasteiger partial charge in [-0.1, -0.05) is 18.2 Å². The van der Waals surface area contributed by atoms with E-state index in [0.29, 0.717) is 24.0 Å². The van der Waals surface area contributed by atoms with Gasteiger partial charge in [0.25, 0.3) is 5.91 Å². The number of H-pyrrole nitrogens is 1. The molecule has 0 spiro atoms. The molecule has 1 saturated carbocycles. The number of aromatic nitrogens is 2. The predicted octanol–water partition coefficient (Wildman–Crippen LogP) is 5.30. The van der Waals surface area contributed by atoms with Gasteiger partial charge in [0, 0.05) is 37.2 Å². The number of aromatic amines is 1. The van der Waals surface area contributed by atoms with Crippen molar-refractivity contribution in [3.8, 4) is 17.3 Å². The Hall–Kier alpha value is -3.43. The van der Waals surface area contributed by atoms with Crippen LogP contribution >= 0.6 is 0 Å². The SMILES string of the molecule is COCc1nc(C2CC2)c(-c2cc(C(=O)N3CCC(c4ccc(C#N)cc4)CC3)ccc2C)[nH]1. The maximum Gasteiger partial charge on any atom is 0.253 e. The highest BCUT2D eigenvalue weighted by Crippen LogP contribution is 2.44. The molecule has 0 bridgehead atoms. The highest BCUT2D eigenvalue weighted by molar-refractivity contribution is 5.96. The van der Waals surface area contributed by atoms with Crippen molar-refractivity contribution in [1.82, 2.24) is 14.9 Å². The number of amides is 1. The molecule has 2 fully saturated rings. The van der Waals surface area contributed by atoms with E-state index in [4.69, 9.17) is 15.0 Å². The molecule has 1 amide bonds. The molecule has 34 heavy (non-hydrogen) atoms. The Morgan fingerprint density at radius 2 is 1.85 bits per heavy atom. The van der Waals surface area contributed by atoms with Gasteiger partial charge in [0.05, 0.1) is 23.0 Å². The number of ether oxygens (including phenoxy) is 1. The number of hydrogen-bond acceptors (Lipinski definition) is 4. The minimum absolute atomic E-state index is 0.0872. The van der Waals surface area contributed by atoms with Gasteiger partial charge in [-0.3, -0.25) is 4.79 Å². The number of hydrogen-bond donors (Lipinski definition) is 1. The molecule has 0 radical (unpaired) electrons. The standard InChI is InChI=1S/C28H30N4O2/c1-18-3-6-23(15-24(18)27-26(22-9-10-22)30-25(31-27)17-34-2)28(33)32-13-11-21(12-14-32)20-7-4-19(16-29)5-8-20/h3-8,15,21-22H,9-14,17H2,1-2H3,(H,30,31). The van der Waals surface area contributed by atoms with Crippen molar-refractivity contribution >= 4 is 5.91 Å². The lowest BCUT2D eigenvalue weighted by Gasteiger charge is -2.32.